The van der Waals surface area contributed by atoms with Crippen LogP contribution in [0.2, 0.25) is 0 Å². The molecule has 0 bridgehead atoms. The van der Waals surface area contributed by atoms with Crippen molar-refractivity contribution in [2.24, 2.45) is 0 Å². The summed E-state index contributed by atoms with van der Waals surface area (Å²) >= 11 is 0. The number of aromatic hydroxyl groups is 1. The second-order valence-corrected chi connectivity index (χ2v) is 4.29. The van der Waals surface area contributed by atoms with Crippen molar-refractivity contribution in [3.05, 3.63) is 24.0 Å². The van der Waals surface area contributed by atoms with Crippen LogP contribution in [0.5, 0.6) is 5.75 Å². The molecule has 0 saturated carbocycles. The van der Waals surface area contributed by atoms with Crippen molar-refractivity contribution in [2.75, 3.05) is 20.3 Å². The molecule has 1 unspecified atom stereocenters. The Morgan fingerprint density at radius 3 is 2.94 bits per heavy atom. The number of pyridine rings is 1. The topological polar surface area (TPSA) is 91.7 Å². The summed E-state index contributed by atoms with van der Waals surface area (Å²) in [6, 6.07) is 2.91. The lowest BCUT2D eigenvalue weighted by atomic mass is 10.0. The maximum Gasteiger partial charge on any atom is 0.273 e. The summed E-state index contributed by atoms with van der Waals surface area (Å²) in [7, 11) is 1.54. The Morgan fingerprint density at radius 1 is 1.61 bits per heavy atom. The summed E-state index contributed by atoms with van der Waals surface area (Å²) in [4.78, 5) is 15.5. The van der Waals surface area contributed by atoms with Gasteiger partial charge in [0.05, 0.1) is 5.60 Å². The predicted molar refractivity (Wildman–Crippen MR) is 65.4 cm³/mol. The first kappa shape index (κ1) is 14.4. The van der Waals surface area contributed by atoms with Gasteiger partial charge in [-0.2, -0.15) is 0 Å². The zero-order chi connectivity index (χ0) is 13.6. The third kappa shape index (κ3) is 4.31. The van der Waals surface area contributed by atoms with E-state index in [2.05, 4.69) is 10.3 Å². The van der Waals surface area contributed by atoms with Crippen molar-refractivity contribution in [3.63, 3.8) is 0 Å². The second-order valence-electron chi connectivity index (χ2n) is 4.29. The Hall–Kier alpha value is -1.66. The van der Waals surface area contributed by atoms with Gasteiger partial charge >= 0.3 is 0 Å². The number of aromatic nitrogens is 1. The number of rotatable bonds is 6. The molecule has 0 radical (unpaired) electrons. The molecule has 0 spiro atoms. The van der Waals surface area contributed by atoms with Crippen LogP contribution in [-0.4, -0.2) is 47.0 Å². The number of nitrogens with zero attached hydrogens (tertiary/aromatic N) is 1. The van der Waals surface area contributed by atoms with Crippen LogP contribution < -0.4 is 5.32 Å². The number of methoxy groups -OCH3 is 1. The van der Waals surface area contributed by atoms with Gasteiger partial charge in [-0.15, -0.1) is 0 Å². The van der Waals surface area contributed by atoms with E-state index >= 15 is 0 Å². The van der Waals surface area contributed by atoms with E-state index in [1.165, 1.54) is 18.3 Å². The fraction of sp³-hybridized carbons (Fsp3) is 0.500. The van der Waals surface area contributed by atoms with E-state index in [9.17, 15) is 15.0 Å². The van der Waals surface area contributed by atoms with Gasteiger partial charge in [0.15, 0.2) is 5.69 Å². The molecule has 0 aliphatic heterocycles. The van der Waals surface area contributed by atoms with Crippen molar-refractivity contribution in [1.29, 1.82) is 0 Å². The van der Waals surface area contributed by atoms with E-state index in [-0.39, 0.29) is 18.0 Å². The van der Waals surface area contributed by atoms with Gasteiger partial charge in [0, 0.05) is 32.9 Å². The molecule has 1 heterocycles. The third-order valence-electron chi connectivity index (χ3n) is 2.48. The standard InChI is InChI=1S/C12H18N2O4/c1-12(17,5-7-18-2)8-14-11(16)10-9(15)4-3-6-13-10/h3-4,6,15,17H,5,7-8H2,1-2H3,(H,14,16). The Labute approximate surface area is 106 Å². The van der Waals surface area contributed by atoms with Gasteiger partial charge in [-0.05, 0) is 19.1 Å². The van der Waals surface area contributed by atoms with Crippen LogP contribution in [0.4, 0.5) is 0 Å². The molecule has 1 atom stereocenters. The number of aliphatic hydroxyl groups is 1. The second kappa shape index (κ2) is 6.32. The summed E-state index contributed by atoms with van der Waals surface area (Å²) in [5, 5.41) is 21.9. The van der Waals surface area contributed by atoms with Gasteiger partial charge in [0.25, 0.3) is 5.91 Å². The molecular weight excluding hydrogens is 236 g/mol. The zero-order valence-electron chi connectivity index (χ0n) is 10.5. The fourth-order valence-corrected chi connectivity index (χ4v) is 1.34. The van der Waals surface area contributed by atoms with Gasteiger partial charge in [-0.3, -0.25) is 4.79 Å². The Morgan fingerprint density at radius 2 is 2.33 bits per heavy atom. The molecule has 1 aromatic heterocycles. The molecule has 1 amide bonds. The van der Waals surface area contributed by atoms with Gasteiger partial charge in [-0.25, -0.2) is 4.98 Å². The lowest BCUT2D eigenvalue weighted by Crippen LogP contribution is -2.41. The molecule has 0 saturated heterocycles. The average molecular weight is 254 g/mol. The van der Waals surface area contributed by atoms with E-state index in [0.717, 1.165) is 0 Å². The molecule has 0 aliphatic rings. The summed E-state index contributed by atoms with van der Waals surface area (Å²) < 4.78 is 4.86. The van der Waals surface area contributed by atoms with Crippen molar-refractivity contribution in [1.82, 2.24) is 10.3 Å². The normalized spacial score (nSPS) is 13.9. The summed E-state index contributed by atoms with van der Waals surface area (Å²) in [6.45, 7) is 2.06. The first-order valence-corrected chi connectivity index (χ1v) is 5.60. The molecule has 0 aliphatic carbocycles. The highest BCUT2D eigenvalue weighted by Gasteiger charge is 2.22. The Kier molecular flexibility index (Phi) is 5.06. The van der Waals surface area contributed by atoms with Crippen molar-refractivity contribution in [2.45, 2.75) is 18.9 Å². The van der Waals surface area contributed by atoms with Crippen molar-refractivity contribution in [3.8, 4) is 5.75 Å². The lowest BCUT2D eigenvalue weighted by Gasteiger charge is -2.23. The van der Waals surface area contributed by atoms with Crippen LogP contribution in [0, 0.1) is 0 Å². The predicted octanol–water partition coefficient (Wildman–Crippen LogP) is 0.304. The summed E-state index contributed by atoms with van der Waals surface area (Å²) in [5.41, 5.74) is -1.11. The molecule has 0 fully saturated rings. The van der Waals surface area contributed by atoms with Gasteiger partial charge < -0.3 is 20.3 Å². The van der Waals surface area contributed by atoms with Crippen LogP contribution in [0.25, 0.3) is 0 Å². The molecule has 18 heavy (non-hydrogen) atoms. The van der Waals surface area contributed by atoms with E-state index in [4.69, 9.17) is 4.74 Å². The number of carbonyl (C=O) groups is 1. The third-order valence-corrected chi connectivity index (χ3v) is 2.48. The number of carbonyl (C=O) groups excluding carboxylic acids is 1. The lowest BCUT2D eigenvalue weighted by molar-refractivity contribution is 0.0242. The Bertz CT molecular complexity index is 407. The van der Waals surface area contributed by atoms with Gasteiger partial charge in [0.2, 0.25) is 0 Å². The molecular formula is C12H18N2O4. The first-order chi connectivity index (χ1) is 8.46. The quantitative estimate of drug-likeness (QED) is 0.679. The highest BCUT2D eigenvalue weighted by molar-refractivity contribution is 5.94. The monoisotopic (exact) mass is 254 g/mol. The van der Waals surface area contributed by atoms with Crippen LogP contribution in [-0.2, 0) is 4.74 Å². The van der Waals surface area contributed by atoms with Gasteiger partial charge in [-0.1, -0.05) is 0 Å². The Balaban J connectivity index is 2.54. The maximum absolute atomic E-state index is 11.7. The van der Waals surface area contributed by atoms with Crippen molar-refractivity contribution < 1.29 is 19.7 Å². The summed E-state index contributed by atoms with van der Waals surface area (Å²) in [5.74, 6) is -0.711. The van der Waals surface area contributed by atoms with Crippen LogP contribution in [0.1, 0.15) is 23.8 Å². The highest BCUT2D eigenvalue weighted by Crippen LogP contribution is 2.13. The highest BCUT2D eigenvalue weighted by atomic mass is 16.5. The molecule has 6 nitrogen and oxygen atoms in total. The van der Waals surface area contributed by atoms with Crippen LogP contribution in [0.15, 0.2) is 18.3 Å². The maximum atomic E-state index is 11.7. The molecule has 1 aromatic rings. The minimum absolute atomic E-state index is 0.0555. The van der Waals surface area contributed by atoms with Crippen molar-refractivity contribution >= 4 is 5.91 Å². The smallest absolute Gasteiger partial charge is 0.273 e. The molecule has 3 N–H and O–H groups in total. The van der Waals surface area contributed by atoms with Crippen LogP contribution in [0.3, 0.4) is 0 Å². The average Bonchev–Trinajstić information content (AvgIpc) is 2.34. The number of hydrogen-bond acceptors (Lipinski definition) is 5. The summed E-state index contributed by atoms with van der Waals surface area (Å²) in [6.07, 6.45) is 1.82. The SMILES string of the molecule is COCCC(C)(O)CNC(=O)c1ncccc1O. The fourth-order valence-electron chi connectivity index (χ4n) is 1.34. The van der Waals surface area contributed by atoms with E-state index in [0.29, 0.717) is 13.0 Å². The molecule has 100 valence electrons. The minimum atomic E-state index is -1.06. The van der Waals surface area contributed by atoms with Gasteiger partial charge in [0.1, 0.15) is 5.75 Å². The first-order valence-electron chi connectivity index (χ1n) is 5.60. The minimum Gasteiger partial charge on any atom is -0.505 e. The van der Waals surface area contributed by atoms with E-state index < -0.39 is 11.5 Å². The number of nitrogens with one attached hydrogen (secondary N) is 1. The molecule has 0 aromatic carbocycles. The number of amides is 1. The largest absolute Gasteiger partial charge is 0.505 e. The molecule has 6 heteroatoms. The number of hydrogen-bond donors (Lipinski definition) is 3. The number of ether oxygens (including phenoxy) is 1. The van der Waals surface area contributed by atoms with E-state index in [1.807, 2.05) is 0 Å². The van der Waals surface area contributed by atoms with Crippen LogP contribution >= 0.6 is 0 Å². The molecule has 1 rings (SSSR count). The van der Waals surface area contributed by atoms with E-state index in [1.54, 1.807) is 14.0 Å². The zero-order valence-corrected chi connectivity index (χ0v) is 10.5.